The lowest BCUT2D eigenvalue weighted by Crippen LogP contribution is -2.08. The van der Waals surface area contributed by atoms with Crippen molar-refractivity contribution in [2.75, 3.05) is 0 Å². The smallest absolute Gasteiger partial charge is 0.271 e. The fraction of sp³-hybridized carbons (Fsp3) is 0.0909. The molecule has 1 aromatic carbocycles. The molecule has 2 heterocycles. The minimum Gasteiger partial charge on any atom is -0.352 e. The quantitative estimate of drug-likeness (QED) is 0.516. The first kappa shape index (κ1) is 10.5. The standard InChI is InChI=1S/C11H8N4O3/c1-14-10-9(5-12-14)13-8-4-6(15(17)18)2-3-7(8)11(10)16/h2-5H,1H3,(H,13,16). The molecule has 18 heavy (non-hydrogen) atoms. The third-order valence-electron chi connectivity index (χ3n) is 2.88. The third-order valence-corrected chi connectivity index (χ3v) is 2.88. The number of hydrogen-bond donors (Lipinski definition) is 1. The number of aromatic amines is 1. The van der Waals surface area contributed by atoms with E-state index in [1.165, 1.54) is 29.1 Å². The van der Waals surface area contributed by atoms with E-state index in [-0.39, 0.29) is 11.1 Å². The average molecular weight is 244 g/mol. The number of benzene rings is 1. The van der Waals surface area contributed by atoms with E-state index in [0.29, 0.717) is 21.9 Å². The van der Waals surface area contributed by atoms with Crippen molar-refractivity contribution in [1.29, 1.82) is 0 Å². The second-order valence-electron chi connectivity index (χ2n) is 3.97. The highest BCUT2D eigenvalue weighted by molar-refractivity contribution is 5.91. The molecule has 0 fully saturated rings. The number of rotatable bonds is 1. The van der Waals surface area contributed by atoms with Gasteiger partial charge in [-0.2, -0.15) is 5.10 Å². The second-order valence-corrected chi connectivity index (χ2v) is 3.97. The zero-order chi connectivity index (χ0) is 12.9. The van der Waals surface area contributed by atoms with Crippen molar-refractivity contribution < 1.29 is 4.92 Å². The molecule has 0 aliphatic carbocycles. The lowest BCUT2D eigenvalue weighted by Gasteiger charge is -2.00. The molecule has 0 saturated heterocycles. The number of nitro benzene ring substituents is 1. The van der Waals surface area contributed by atoms with Crippen LogP contribution in [0.2, 0.25) is 0 Å². The minimum atomic E-state index is -0.495. The maximum atomic E-state index is 12.2. The summed E-state index contributed by atoms with van der Waals surface area (Å²) in [6.45, 7) is 0. The van der Waals surface area contributed by atoms with E-state index < -0.39 is 4.92 Å². The van der Waals surface area contributed by atoms with Crippen LogP contribution in [-0.2, 0) is 7.05 Å². The molecule has 0 aliphatic heterocycles. The van der Waals surface area contributed by atoms with Crippen molar-refractivity contribution in [2.45, 2.75) is 0 Å². The van der Waals surface area contributed by atoms with Crippen LogP contribution in [0, 0.1) is 10.1 Å². The Hall–Kier alpha value is -2.70. The van der Waals surface area contributed by atoms with Crippen molar-refractivity contribution >= 4 is 27.6 Å². The summed E-state index contributed by atoms with van der Waals surface area (Å²) in [5.74, 6) is 0. The maximum absolute atomic E-state index is 12.2. The minimum absolute atomic E-state index is 0.0543. The van der Waals surface area contributed by atoms with Gasteiger partial charge in [0.15, 0.2) is 0 Å². The molecule has 0 saturated carbocycles. The van der Waals surface area contributed by atoms with Crippen LogP contribution in [0.25, 0.3) is 21.9 Å². The van der Waals surface area contributed by atoms with Gasteiger partial charge < -0.3 is 4.98 Å². The SMILES string of the molecule is Cn1ncc2[nH]c3cc([N+](=O)[O-])ccc3c(=O)c21. The molecule has 0 amide bonds. The Bertz CT molecular complexity index is 846. The first-order valence-corrected chi connectivity index (χ1v) is 5.20. The Labute approximate surface area is 99.8 Å². The Balaban J connectivity index is 2.49. The summed E-state index contributed by atoms with van der Waals surface area (Å²) in [5, 5.41) is 15.1. The number of nitro groups is 1. The zero-order valence-corrected chi connectivity index (χ0v) is 9.38. The van der Waals surface area contributed by atoms with Crippen molar-refractivity contribution in [3.63, 3.8) is 0 Å². The van der Waals surface area contributed by atoms with Gasteiger partial charge in [0.25, 0.3) is 5.69 Å². The van der Waals surface area contributed by atoms with E-state index in [0.717, 1.165) is 0 Å². The van der Waals surface area contributed by atoms with Crippen LogP contribution in [0.3, 0.4) is 0 Å². The molecule has 1 N–H and O–H groups in total. The highest BCUT2D eigenvalue weighted by Gasteiger charge is 2.12. The van der Waals surface area contributed by atoms with E-state index in [4.69, 9.17) is 0 Å². The van der Waals surface area contributed by atoms with Gasteiger partial charge in [0.2, 0.25) is 5.43 Å². The van der Waals surface area contributed by atoms with Gasteiger partial charge >= 0.3 is 0 Å². The van der Waals surface area contributed by atoms with Gasteiger partial charge in [-0.25, -0.2) is 0 Å². The Kier molecular flexibility index (Phi) is 1.97. The van der Waals surface area contributed by atoms with Gasteiger partial charge in [0, 0.05) is 24.6 Å². The molecule has 0 radical (unpaired) electrons. The van der Waals surface area contributed by atoms with E-state index >= 15 is 0 Å². The Morgan fingerprint density at radius 2 is 2.17 bits per heavy atom. The average Bonchev–Trinajstić information content (AvgIpc) is 2.70. The topological polar surface area (TPSA) is 93.8 Å². The number of nitrogens with zero attached hydrogens (tertiary/aromatic N) is 3. The highest BCUT2D eigenvalue weighted by atomic mass is 16.6. The Morgan fingerprint density at radius 1 is 1.39 bits per heavy atom. The van der Waals surface area contributed by atoms with Crippen LogP contribution in [0.15, 0.2) is 29.2 Å². The summed E-state index contributed by atoms with van der Waals surface area (Å²) in [4.78, 5) is 25.4. The van der Waals surface area contributed by atoms with E-state index in [2.05, 4.69) is 10.1 Å². The van der Waals surface area contributed by atoms with Crippen LogP contribution in [0.4, 0.5) is 5.69 Å². The summed E-state index contributed by atoms with van der Waals surface area (Å²) in [5.41, 5.74) is 1.22. The molecule has 0 unspecified atom stereocenters. The molecule has 0 bridgehead atoms. The molecular formula is C11H8N4O3. The van der Waals surface area contributed by atoms with E-state index in [9.17, 15) is 14.9 Å². The number of aromatic nitrogens is 3. The van der Waals surface area contributed by atoms with Crippen LogP contribution < -0.4 is 5.43 Å². The molecule has 2 aromatic heterocycles. The molecule has 7 nitrogen and oxygen atoms in total. The van der Waals surface area contributed by atoms with Crippen molar-refractivity contribution in [1.82, 2.24) is 14.8 Å². The molecule has 7 heteroatoms. The predicted molar refractivity (Wildman–Crippen MR) is 65.5 cm³/mol. The lowest BCUT2D eigenvalue weighted by atomic mass is 10.2. The maximum Gasteiger partial charge on any atom is 0.271 e. The molecule has 0 atom stereocenters. The van der Waals surface area contributed by atoms with Gasteiger partial charge in [-0.05, 0) is 6.07 Å². The van der Waals surface area contributed by atoms with Gasteiger partial charge in [-0.1, -0.05) is 0 Å². The monoisotopic (exact) mass is 244 g/mol. The summed E-state index contributed by atoms with van der Waals surface area (Å²) in [6, 6.07) is 4.13. The van der Waals surface area contributed by atoms with Crippen molar-refractivity contribution in [2.24, 2.45) is 7.05 Å². The highest BCUT2D eigenvalue weighted by Crippen LogP contribution is 2.19. The van der Waals surface area contributed by atoms with Gasteiger partial charge in [-0.3, -0.25) is 19.6 Å². The van der Waals surface area contributed by atoms with Crippen LogP contribution in [0.5, 0.6) is 0 Å². The van der Waals surface area contributed by atoms with Crippen LogP contribution >= 0.6 is 0 Å². The predicted octanol–water partition coefficient (Wildman–Crippen LogP) is 1.32. The number of pyridine rings is 1. The lowest BCUT2D eigenvalue weighted by molar-refractivity contribution is -0.384. The number of H-pyrrole nitrogens is 1. The normalized spacial score (nSPS) is 11.2. The van der Waals surface area contributed by atoms with Gasteiger partial charge in [0.1, 0.15) is 5.52 Å². The molecule has 3 aromatic rings. The molecule has 0 aliphatic rings. The first-order valence-electron chi connectivity index (χ1n) is 5.20. The summed E-state index contributed by atoms with van der Waals surface area (Å²) >= 11 is 0. The van der Waals surface area contributed by atoms with Crippen molar-refractivity contribution in [3.05, 3.63) is 44.7 Å². The fourth-order valence-electron chi connectivity index (χ4n) is 2.02. The second kappa shape index (κ2) is 3.39. The number of hydrogen-bond acceptors (Lipinski definition) is 4. The third kappa shape index (κ3) is 1.30. The molecular weight excluding hydrogens is 236 g/mol. The van der Waals surface area contributed by atoms with E-state index in [1.54, 1.807) is 7.05 Å². The van der Waals surface area contributed by atoms with Crippen LogP contribution in [0.1, 0.15) is 0 Å². The number of fused-ring (bicyclic) bond motifs is 2. The zero-order valence-electron chi connectivity index (χ0n) is 9.38. The molecule has 0 spiro atoms. The molecule has 3 rings (SSSR count). The van der Waals surface area contributed by atoms with Gasteiger partial charge in [0.05, 0.1) is 22.2 Å². The summed E-state index contributed by atoms with van der Waals surface area (Å²) < 4.78 is 1.48. The summed E-state index contributed by atoms with van der Waals surface area (Å²) in [7, 11) is 1.68. The number of non-ortho nitro benzene ring substituents is 1. The van der Waals surface area contributed by atoms with Crippen molar-refractivity contribution in [3.8, 4) is 0 Å². The van der Waals surface area contributed by atoms with E-state index in [1.807, 2.05) is 0 Å². The number of nitrogens with one attached hydrogen (secondary N) is 1. The summed E-state index contributed by atoms with van der Waals surface area (Å²) in [6.07, 6.45) is 1.52. The fourth-order valence-corrected chi connectivity index (χ4v) is 2.02. The largest absolute Gasteiger partial charge is 0.352 e. The molecule has 90 valence electrons. The van der Waals surface area contributed by atoms with Crippen LogP contribution in [-0.4, -0.2) is 19.7 Å². The Morgan fingerprint density at radius 3 is 2.89 bits per heavy atom. The van der Waals surface area contributed by atoms with Gasteiger partial charge in [-0.15, -0.1) is 0 Å². The first-order chi connectivity index (χ1) is 8.58. The number of aryl methyl sites for hydroxylation is 1.